The number of rotatable bonds is 6. The third-order valence-electron chi connectivity index (χ3n) is 8.03. The first-order valence-corrected chi connectivity index (χ1v) is 13.4. The molecule has 2 saturated heterocycles. The molecule has 0 radical (unpaired) electrons. The van der Waals surface area contributed by atoms with Crippen LogP contribution in [0.2, 0.25) is 0 Å². The largest absolute Gasteiger partial charge is 0.354 e. The molecule has 2 fully saturated rings. The highest BCUT2D eigenvalue weighted by Crippen LogP contribution is 2.36. The van der Waals surface area contributed by atoms with E-state index in [-0.39, 0.29) is 0 Å². The van der Waals surface area contributed by atoms with Gasteiger partial charge in [-0.15, -0.1) is 0 Å². The van der Waals surface area contributed by atoms with Crippen LogP contribution in [0.1, 0.15) is 63.5 Å². The molecule has 0 amide bonds. The van der Waals surface area contributed by atoms with Crippen LogP contribution in [0.25, 0.3) is 22.2 Å². The number of benzene rings is 1. The Labute approximate surface area is 207 Å². The van der Waals surface area contributed by atoms with E-state index in [2.05, 4.69) is 58.7 Å². The summed E-state index contributed by atoms with van der Waals surface area (Å²) >= 11 is 0. The lowest BCUT2D eigenvalue weighted by Gasteiger charge is -2.42. The van der Waals surface area contributed by atoms with E-state index in [9.17, 15) is 8.78 Å². The molecule has 3 aromatic rings. The number of aromatic amines is 1. The van der Waals surface area contributed by atoms with E-state index in [4.69, 9.17) is 0 Å². The molecule has 4 nitrogen and oxygen atoms in total. The number of halogens is 2. The van der Waals surface area contributed by atoms with Gasteiger partial charge in [0.05, 0.1) is 5.69 Å². The van der Waals surface area contributed by atoms with Gasteiger partial charge in [0.15, 0.2) is 0 Å². The second-order valence-electron chi connectivity index (χ2n) is 10.9. The van der Waals surface area contributed by atoms with Gasteiger partial charge in [-0.05, 0) is 93.4 Å². The summed E-state index contributed by atoms with van der Waals surface area (Å²) in [6.07, 6.45) is 5.77. The molecule has 5 rings (SSSR count). The Morgan fingerprint density at radius 1 is 0.971 bits per heavy atom. The molecule has 1 N–H and O–H groups in total. The van der Waals surface area contributed by atoms with Crippen molar-refractivity contribution in [3.63, 3.8) is 0 Å². The number of nitrogens with one attached hydrogen (secondary N) is 1. The Kier molecular flexibility index (Phi) is 7.21. The van der Waals surface area contributed by atoms with Crippen LogP contribution in [0.15, 0.2) is 30.3 Å². The Balaban J connectivity index is 1.28. The van der Waals surface area contributed by atoms with E-state index in [1.54, 1.807) is 0 Å². The van der Waals surface area contributed by atoms with Crippen molar-refractivity contribution >= 4 is 10.9 Å². The van der Waals surface area contributed by atoms with Gasteiger partial charge >= 0.3 is 0 Å². The highest BCUT2D eigenvalue weighted by molar-refractivity contribution is 5.91. The van der Waals surface area contributed by atoms with Crippen molar-refractivity contribution in [1.29, 1.82) is 0 Å². The van der Waals surface area contributed by atoms with Crippen LogP contribution in [0, 0.1) is 17.8 Å². The van der Waals surface area contributed by atoms with Crippen LogP contribution in [0.3, 0.4) is 0 Å². The number of aromatic nitrogens is 2. The molecule has 0 unspecified atom stereocenters. The number of H-pyrrole nitrogens is 1. The maximum absolute atomic E-state index is 13.8. The lowest BCUT2D eigenvalue weighted by Crippen LogP contribution is -2.48. The van der Waals surface area contributed by atoms with E-state index in [0.29, 0.717) is 11.5 Å². The van der Waals surface area contributed by atoms with Crippen molar-refractivity contribution in [1.82, 2.24) is 19.8 Å². The number of nitrogens with zero attached hydrogens (tertiary/aromatic N) is 3. The van der Waals surface area contributed by atoms with Crippen molar-refractivity contribution in [3.8, 4) is 11.3 Å². The molecule has 35 heavy (non-hydrogen) atoms. The molecule has 188 valence electrons. The minimum Gasteiger partial charge on any atom is -0.354 e. The summed E-state index contributed by atoms with van der Waals surface area (Å²) in [4.78, 5) is 12.0. The third-order valence-corrected chi connectivity index (χ3v) is 8.03. The smallest absolute Gasteiger partial charge is 0.216 e. The molecule has 1 aromatic carbocycles. The van der Waals surface area contributed by atoms with Crippen molar-refractivity contribution in [2.45, 2.75) is 64.8 Å². The molecule has 0 bridgehead atoms. The summed E-state index contributed by atoms with van der Waals surface area (Å²) < 4.78 is 27.6. The number of pyridine rings is 1. The molecular weight excluding hydrogens is 442 g/mol. The fourth-order valence-electron chi connectivity index (χ4n) is 6.32. The summed E-state index contributed by atoms with van der Waals surface area (Å²) in [5.74, 6) is -0.274. The molecule has 0 spiro atoms. The molecule has 4 heterocycles. The van der Waals surface area contributed by atoms with Crippen LogP contribution in [0.5, 0.6) is 0 Å². The van der Waals surface area contributed by atoms with Crippen LogP contribution in [0.4, 0.5) is 8.78 Å². The fraction of sp³-hybridized carbons (Fsp3) is 0.552. The standard InChI is InChI=1S/C29H38F2N4/c1-4-24-25-15-21(5-6-26(25)32-29(24)22-16-27(30)33-28(31)17-22)20-7-13-35(14-8-20)23-9-11-34(12-10-23)18-19(2)3/h5-6,15-17,19-20,23,32H,4,7-14,18H2,1-3H3. The Morgan fingerprint density at radius 2 is 1.66 bits per heavy atom. The van der Waals surface area contributed by atoms with Gasteiger partial charge in [0.2, 0.25) is 11.9 Å². The predicted octanol–water partition coefficient (Wildman–Crippen LogP) is 6.37. The normalized spacial score (nSPS) is 19.3. The van der Waals surface area contributed by atoms with E-state index in [0.717, 1.165) is 40.5 Å². The lowest BCUT2D eigenvalue weighted by molar-refractivity contribution is 0.0828. The lowest BCUT2D eigenvalue weighted by atomic mass is 9.87. The molecule has 0 saturated carbocycles. The van der Waals surface area contributed by atoms with Crippen LogP contribution in [-0.2, 0) is 6.42 Å². The van der Waals surface area contributed by atoms with Gasteiger partial charge in [0.1, 0.15) is 0 Å². The van der Waals surface area contributed by atoms with E-state index < -0.39 is 11.9 Å². The average Bonchev–Trinajstić information content (AvgIpc) is 3.22. The number of aryl methyl sites for hydroxylation is 1. The first-order valence-electron chi connectivity index (χ1n) is 13.4. The minimum atomic E-state index is -0.793. The van der Waals surface area contributed by atoms with E-state index >= 15 is 0 Å². The number of fused-ring (bicyclic) bond motifs is 1. The van der Waals surface area contributed by atoms with Crippen molar-refractivity contribution in [3.05, 3.63) is 53.4 Å². The van der Waals surface area contributed by atoms with Crippen LogP contribution >= 0.6 is 0 Å². The quantitative estimate of drug-likeness (QED) is 0.416. The SMILES string of the molecule is CCc1c(-c2cc(F)nc(F)c2)[nH]c2ccc(C3CCN(C4CCN(CC(C)C)CC4)CC3)cc12. The predicted molar refractivity (Wildman–Crippen MR) is 139 cm³/mol. The minimum absolute atomic E-state index is 0.511. The zero-order chi connectivity index (χ0) is 24.5. The first-order chi connectivity index (χ1) is 16.9. The molecule has 2 aromatic heterocycles. The van der Waals surface area contributed by atoms with Gasteiger partial charge in [-0.25, -0.2) is 0 Å². The van der Waals surface area contributed by atoms with Crippen molar-refractivity contribution in [2.75, 3.05) is 32.7 Å². The molecular formula is C29H38F2N4. The Morgan fingerprint density at radius 3 is 2.29 bits per heavy atom. The van der Waals surface area contributed by atoms with E-state index in [1.165, 1.54) is 76.1 Å². The van der Waals surface area contributed by atoms with Crippen molar-refractivity contribution < 1.29 is 8.78 Å². The number of piperidine rings is 2. The molecule has 6 heteroatoms. The maximum Gasteiger partial charge on any atom is 0.216 e. The third kappa shape index (κ3) is 5.29. The zero-order valence-electron chi connectivity index (χ0n) is 21.3. The summed E-state index contributed by atoms with van der Waals surface area (Å²) in [6, 6.07) is 10.0. The fourth-order valence-corrected chi connectivity index (χ4v) is 6.32. The first kappa shape index (κ1) is 24.4. The average molecular weight is 481 g/mol. The monoisotopic (exact) mass is 480 g/mol. The number of likely N-dealkylation sites (tertiary alicyclic amines) is 2. The van der Waals surface area contributed by atoms with Gasteiger partial charge in [-0.3, -0.25) is 0 Å². The van der Waals surface area contributed by atoms with E-state index in [1.807, 2.05) is 0 Å². The maximum atomic E-state index is 13.8. The topological polar surface area (TPSA) is 35.2 Å². The van der Waals surface area contributed by atoms with Gasteiger partial charge in [-0.2, -0.15) is 13.8 Å². The summed E-state index contributed by atoms with van der Waals surface area (Å²) in [6.45, 7) is 12.8. The second-order valence-corrected chi connectivity index (χ2v) is 10.9. The number of hydrogen-bond acceptors (Lipinski definition) is 3. The summed E-state index contributed by atoms with van der Waals surface area (Å²) in [7, 11) is 0. The van der Waals surface area contributed by atoms with Gasteiger partial charge in [0, 0.05) is 41.2 Å². The summed E-state index contributed by atoms with van der Waals surface area (Å²) in [5, 5.41) is 1.16. The van der Waals surface area contributed by atoms with Gasteiger partial charge in [-0.1, -0.05) is 26.8 Å². The van der Waals surface area contributed by atoms with Gasteiger partial charge in [0.25, 0.3) is 0 Å². The Hall–Kier alpha value is -2.31. The molecule has 0 aliphatic carbocycles. The summed E-state index contributed by atoms with van der Waals surface area (Å²) in [5.41, 5.74) is 4.81. The molecule has 0 atom stereocenters. The highest BCUT2D eigenvalue weighted by atomic mass is 19.1. The van der Waals surface area contributed by atoms with Crippen molar-refractivity contribution in [2.24, 2.45) is 5.92 Å². The Bertz CT molecular complexity index is 1130. The van der Waals surface area contributed by atoms with Gasteiger partial charge < -0.3 is 14.8 Å². The van der Waals surface area contributed by atoms with Crippen LogP contribution in [-0.4, -0.2) is 58.5 Å². The van der Waals surface area contributed by atoms with Crippen LogP contribution < -0.4 is 0 Å². The highest BCUT2D eigenvalue weighted by Gasteiger charge is 2.29. The molecule has 2 aliphatic heterocycles. The zero-order valence-corrected chi connectivity index (χ0v) is 21.3. The molecule has 2 aliphatic rings. The number of hydrogen-bond donors (Lipinski definition) is 1. The second kappa shape index (κ2) is 10.4.